The molecule has 4 heteroatoms. The molecular formula is C19H27N2O2+. The Kier molecular flexibility index (Phi) is 3.96. The summed E-state index contributed by atoms with van der Waals surface area (Å²) in [4.78, 5) is 11.3. The predicted octanol–water partition coefficient (Wildman–Crippen LogP) is 3.70. The average molecular weight is 315 g/mol. The molecule has 1 saturated heterocycles. The molecular weight excluding hydrogens is 288 g/mol. The van der Waals surface area contributed by atoms with Gasteiger partial charge < -0.3 is 14.2 Å². The Morgan fingerprint density at radius 2 is 2.13 bits per heavy atom. The zero-order valence-corrected chi connectivity index (χ0v) is 14.5. The Morgan fingerprint density at radius 1 is 1.39 bits per heavy atom. The summed E-state index contributed by atoms with van der Waals surface area (Å²) in [6, 6.07) is 6.15. The molecule has 1 aromatic heterocycles. The SMILES string of the molecule is CC(C)c1cn(C[C@H]2CCC[N+]2(C)C)c2ccc(C(=O)O)cc12. The monoisotopic (exact) mass is 315 g/mol. The predicted molar refractivity (Wildman–Crippen MR) is 93.0 cm³/mol. The van der Waals surface area contributed by atoms with E-state index in [1.54, 1.807) is 6.07 Å². The number of carboxylic acid groups (broad SMARTS) is 1. The first-order chi connectivity index (χ1) is 10.8. The van der Waals surface area contributed by atoms with E-state index in [0.717, 1.165) is 21.9 Å². The first-order valence-electron chi connectivity index (χ1n) is 8.48. The van der Waals surface area contributed by atoms with Crippen molar-refractivity contribution in [1.82, 2.24) is 4.57 Å². The fourth-order valence-electron chi connectivity index (χ4n) is 3.87. The van der Waals surface area contributed by atoms with E-state index in [1.165, 1.54) is 24.9 Å². The van der Waals surface area contributed by atoms with Gasteiger partial charge in [-0.2, -0.15) is 0 Å². The van der Waals surface area contributed by atoms with Crippen molar-refractivity contribution < 1.29 is 14.4 Å². The number of carboxylic acids is 1. The fourth-order valence-corrected chi connectivity index (χ4v) is 3.87. The smallest absolute Gasteiger partial charge is 0.335 e. The molecule has 124 valence electrons. The van der Waals surface area contributed by atoms with Crippen LogP contribution in [0.5, 0.6) is 0 Å². The lowest BCUT2D eigenvalue weighted by atomic mass is 10.0. The van der Waals surface area contributed by atoms with Gasteiger partial charge in [0.1, 0.15) is 6.04 Å². The van der Waals surface area contributed by atoms with E-state index in [1.807, 2.05) is 12.1 Å². The van der Waals surface area contributed by atoms with Gasteiger partial charge in [-0.3, -0.25) is 0 Å². The number of aromatic nitrogens is 1. The van der Waals surface area contributed by atoms with Crippen LogP contribution in [0.2, 0.25) is 0 Å². The molecule has 1 aliphatic rings. The van der Waals surface area contributed by atoms with Gasteiger partial charge in [0.05, 0.1) is 32.7 Å². The molecule has 1 N–H and O–H groups in total. The number of benzene rings is 1. The molecule has 1 atom stereocenters. The van der Waals surface area contributed by atoms with E-state index < -0.39 is 5.97 Å². The number of rotatable bonds is 4. The van der Waals surface area contributed by atoms with Crippen LogP contribution in [-0.4, -0.2) is 46.8 Å². The van der Waals surface area contributed by atoms with Crippen LogP contribution in [0, 0.1) is 0 Å². The molecule has 3 rings (SSSR count). The zero-order valence-electron chi connectivity index (χ0n) is 14.5. The number of nitrogens with zero attached hydrogens (tertiary/aromatic N) is 2. The minimum absolute atomic E-state index is 0.370. The number of carbonyl (C=O) groups is 1. The molecule has 2 aromatic rings. The van der Waals surface area contributed by atoms with E-state index in [9.17, 15) is 9.90 Å². The Hall–Kier alpha value is -1.81. The molecule has 0 aliphatic carbocycles. The Morgan fingerprint density at radius 3 is 2.70 bits per heavy atom. The van der Waals surface area contributed by atoms with Gasteiger partial charge in [0.2, 0.25) is 0 Å². The second-order valence-electron chi connectivity index (χ2n) is 7.73. The van der Waals surface area contributed by atoms with Crippen LogP contribution in [0.15, 0.2) is 24.4 Å². The summed E-state index contributed by atoms with van der Waals surface area (Å²) in [7, 11) is 4.63. The number of fused-ring (bicyclic) bond motifs is 1. The standard InChI is InChI=1S/C19H26N2O2/c1-13(2)17-12-20(11-15-6-5-9-21(15,3)4)18-8-7-14(19(22)23)10-16(17)18/h7-8,10,12-13,15H,5-6,9,11H2,1-4H3/p+1/t15-/m1/s1. The van der Waals surface area contributed by atoms with Crippen LogP contribution < -0.4 is 0 Å². The molecule has 0 bridgehead atoms. The van der Waals surface area contributed by atoms with Crippen LogP contribution in [0.25, 0.3) is 10.9 Å². The molecule has 0 unspecified atom stereocenters. The number of hydrogen-bond acceptors (Lipinski definition) is 1. The molecule has 0 radical (unpaired) electrons. The van der Waals surface area contributed by atoms with Crippen LogP contribution in [-0.2, 0) is 6.54 Å². The molecule has 0 spiro atoms. The zero-order chi connectivity index (χ0) is 16.8. The Labute approximate surface area is 137 Å². The van der Waals surface area contributed by atoms with E-state index in [2.05, 4.69) is 38.7 Å². The van der Waals surface area contributed by atoms with E-state index >= 15 is 0 Å². The molecule has 1 aromatic carbocycles. The third-order valence-corrected chi connectivity index (χ3v) is 5.45. The number of likely N-dealkylation sites (N-methyl/N-ethyl adjacent to an activating group) is 1. The van der Waals surface area contributed by atoms with Gasteiger partial charge in [-0.1, -0.05) is 13.8 Å². The van der Waals surface area contributed by atoms with Crippen molar-refractivity contribution >= 4 is 16.9 Å². The quantitative estimate of drug-likeness (QED) is 0.874. The largest absolute Gasteiger partial charge is 0.478 e. The van der Waals surface area contributed by atoms with Crippen LogP contribution in [0.3, 0.4) is 0 Å². The number of quaternary nitrogens is 1. The van der Waals surface area contributed by atoms with E-state index in [0.29, 0.717) is 17.5 Å². The lowest BCUT2D eigenvalue weighted by Crippen LogP contribution is -2.45. The molecule has 23 heavy (non-hydrogen) atoms. The molecule has 4 nitrogen and oxygen atoms in total. The lowest BCUT2D eigenvalue weighted by Gasteiger charge is -2.32. The van der Waals surface area contributed by atoms with Gasteiger partial charge in [0.15, 0.2) is 0 Å². The summed E-state index contributed by atoms with van der Waals surface area (Å²) in [5, 5.41) is 10.4. The molecule has 1 aliphatic heterocycles. The van der Waals surface area contributed by atoms with Crippen molar-refractivity contribution in [1.29, 1.82) is 0 Å². The van der Waals surface area contributed by atoms with Gasteiger partial charge in [0.25, 0.3) is 0 Å². The molecule has 1 fully saturated rings. The van der Waals surface area contributed by atoms with Gasteiger partial charge in [0, 0.05) is 29.9 Å². The molecule has 2 heterocycles. The van der Waals surface area contributed by atoms with Gasteiger partial charge >= 0.3 is 5.97 Å². The molecule has 0 saturated carbocycles. The van der Waals surface area contributed by atoms with Crippen LogP contribution in [0.4, 0.5) is 0 Å². The summed E-state index contributed by atoms with van der Waals surface area (Å²) >= 11 is 0. The molecule has 0 amide bonds. The summed E-state index contributed by atoms with van der Waals surface area (Å²) < 4.78 is 3.41. The van der Waals surface area contributed by atoms with Crippen molar-refractivity contribution in [3.8, 4) is 0 Å². The first-order valence-corrected chi connectivity index (χ1v) is 8.48. The first kappa shape index (κ1) is 16.1. The fraction of sp³-hybridized carbons (Fsp3) is 0.526. The van der Waals surface area contributed by atoms with Crippen LogP contribution >= 0.6 is 0 Å². The summed E-state index contributed by atoms with van der Waals surface area (Å²) in [6.45, 7) is 6.58. The second kappa shape index (κ2) is 5.68. The summed E-state index contributed by atoms with van der Waals surface area (Å²) in [5.74, 6) is -0.475. The third kappa shape index (κ3) is 2.88. The van der Waals surface area contributed by atoms with Crippen LogP contribution in [0.1, 0.15) is 48.5 Å². The number of hydrogen-bond donors (Lipinski definition) is 1. The highest BCUT2D eigenvalue weighted by Gasteiger charge is 2.34. The highest BCUT2D eigenvalue weighted by Crippen LogP contribution is 2.31. The maximum Gasteiger partial charge on any atom is 0.335 e. The third-order valence-electron chi connectivity index (χ3n) is 5.45. The van der Waals surface area contributed by atoms with E-state index in [4.69, 9.17) is 0 Å². The van der Waals surface area contributed by atoms with Crippen molar-refractivity contribution in [3.63, 3.8) is 0 Å². The summed E-state index contributed by atoms with van der Waals surface area (Å²) in [6.07, 6.45) is 4.78. The maximum atomic E-state index is 11.3. The van der Waals surface area contributed by atoms with Crippen molar-refractivity contribution in [2.75, 3.05) is 20.6 Å². The van der Waals surface area contributed by atoms with Crippen molar-refractivity contribution in [3.05, 3.63) is 35.5 Å². The Bertz CT molecular complexity index is 743. The topological polar surface area (TPSA) is 42.2 Å². The minimum atomic E-state index is -0.858. The number of aromatic carboxylic acids is 1. The Balaban J connectivity index is 2.05. The average Bonchev–Trinajstić information content (AvgIpc) is 3.00. The van der Waals surface area contributed by atoms with E-state index in [-0.39, 0.29) is 0 Å². The normalized spacial score (nSPS) is 20.5. The van der Waals surface area contributed by atoms with Gasteiger partial charge in [-0.05, 0) is 29.7 Å². The second-order valence-corrected chi connectivity index (χ2v) is 7.73. The van der Waals surface area contributed by atoms with Gasteiger partial charge in [-0.25, -0.2) is 4.79 Å². The summed E-state index contributed by atoms with van der Waals surface area (Å²) in [5.41, 5.74) is 2.77. The lowest BCUT2D eigenvalue weighted by molar-refractivity contribution is -0.902. The minimum Gasteiger partial charge on any atom is -0.478 e. The van der Waals surface area contributed by atoms with Gasteiger partial charge in [-0.15, -0.1) is 0 Å². The number of likely N-dealkylation sites (tertiary alicyclic amines) is 1. The van der Waals surface area contributed by atoms with Crippen molar-refractivity contribution in [2.24, 2.45) is 0 Å². The highest BCUT2D eigenvalue weighted by atomic mass is 16.4. The van der Waals surface area contributed by atoms with Crippen molar-refractivity contribution in [2.45, 2.75) is 45.2 Å². The maximum absolute atomic E-state index is 11.3. The highest BCUT2D eigenvalue weighted by molar-refractivity contribution is 5.95.